The normalized spacial score (nSPS) is 18.9. The average molecular weight is 547 g/mol. The van der Waals surface area contributed by atoms with Gasteiger partial charge in [0, 0.05) is 30.3 Å². The Balaban J connectivity index is 1.52. The SMILES string of the molecule is Cc1cc(C)c2[nH]c(=O)c([C@@H](c3nnnn3C3CCCC3)N(Cc3ccc(Cl)cc3)C[C@H]3CCCO3)cc2c1. The maximum Gasteiger partial charge on any atom is 0.253 e. The summed E-state index contributed by atoms with van der Waals surface area (Å²) in [5.41, 5.74) is 4.71. The number of pyridine rings is 1. The molecular formula is C30H35ClN6O2. The van der Waals surface area contributed by atoms with Gasteiger partial charge < -0.3 is 9.72 Å². The number of benzene rings is 2. The molecule has 0 unspecified atom stereocenters. The lowest BCUT2D eigenvalue weighted by molar-refractivity contribution is 0.0569. The molecule has 2 aliphatic rings. The second-order valence-electron chi connectivity index (χ2n) is 11.1. The van der Waals surface area contributed by atoms with Crippen LogP contribution in [0.25, 0.3) is 10.9 Å². The Hall–Kier alpha value is -3.07. The van der Waals surface area contributed by atoms with Crippen molar-refractivity contribution < 1.29 is 4.74 Å². The number of nitrogens with one attached hydrogen (secondary N) is 1. The maximum atomic E-state index is 13.9. The van der Waals surface area contributed by atoms with Crippen LogP contribution in [-0.4, -0.2) is 49.3 Å². The summed E-state index contributed by atoms with van der Waals surface area (Å²) < 4.78 is 8.08. The van der Waals surface area contributed by atoms with Crippen LogP contribution in [-0.2, 0) is 11.3 Å². The van der Waals surface area contributed by atoms with Crippen LogP contribution in [0, 0.1) is 13.8 Å². The predicted octanol–water partition coefficient (Wildman–Crippen LogP) is 5.67. The standard InChI is InChI=1S/C30H35ClN6O2/c1-19-14-20(2)27-22(15-19)16-26(30(38)32-27)28(29-33-34-35-37(29)24-6-3-4-7-24)36(18-25-8-5-13-39-25)17-21-9-11-23(31)12-10-21/h9-12,14-16,24-25,28H,3-8,13,17-18H2,1-2H3,(H,32,38)/t25-,28+/m1/s1. The fourth-order valence-corrected chi connectivity index (χ4v) is 6.46. The van der Waals surface area contributed by atoms with Crippen molar-refractivity contribution in [1.29, 1.82) is 0 Å². The third kappa shape index (κ3) is 5.51. The van der Waals surface area contributed by atoms with Gasteiger partial charge in [-0.15, -0.1) is 5.10 Å². The number of ether oxygens (including phenoxy) is 1. The van der Waals surface area contributed by atoms with Crippen LogP contribution in [0.2, 0.25) is 5.02 Å². The van der Waals surface area contributed by atoms with Crippen LogP contribution in [0.4, 0.5) is 0 Å². The number of tetrazole rings is 1. The second kappa shape index (κ2) is 11.2. The summed E-state index contributed by atoms with van der Waals surface area (Å²) in [5.74, 6) is 0.711. The van der Waals surface area contributed by atoms with Crippen molar-refractivity contribution in [2.45, 2.75) is 77.1 Å². The summed E-state index contributed by atoms with van der Waals surface area (Å²) in [6.07, 6.45) is 6.52. The molecule has 39 heavy (non-hydrogen) atoms. The summed E-state index contributed by atoms with van der Waals surface area (Å²) in [6.45, 7) is 6.14. The first kappa shape index (κ1) is 26.2. The topological polar surface area (TPSA) is 88.9 Å². The number of fused-ring (bicyclic) bond motifs is 1. The van der Waals surface area contributed by atoms with Gasteiger partial charge in [0.05, 0.1) is 17.7 Å². The van der Waals surface area contributed by atoms with Gasteiger partial charge >= 0.3 is 0 Å². The first-order chi connectivity index (χ1) is 19.0. The fraction of sp³-hybridized carbons (Fsp3) is 0.467. The monoisotopic (exact) mass is 546 g/mol. The quantitative estimate of drug-likeness (QED) is 0.306. The van der Waals surface area contributed by atoms with E-state index in [1.807, 2.05) is 41.9 Å². The molecule has 2 fully saturated rings. The highest BCUT2D eigenvalue weighted by atomic mass is 35.5. The molecule has 0 amide bonds. The van der Waals surface area contributed by atoms with Crippen molar-refractivity contribution in [3.63, 3.8) is 0 Å². The van der Waals surface area contributed by atoms with Gasteiger partial charge in [0.2, 0.25) is 0 Å². The highest BCUT2D eigenvalue weighted by molar-refractivity contribution is 6.30. The van der Waals surface area contributed by atoms with E-state index < -0.39 is 6.04 Å². The number of hydrogen-bond acceptors (Lipinski definition) is 6. The number of aryl methyl sites for hydroxylation is 2. The molecule has 2 aromatic carbocycles. The van der Waals surface area contributed by atoms with E-state index in [1.165, 1.54) is 0 Å². The van der Waals surface area contributed by atoms with E-state index in [4.69, 9.17) is 16.3 Å². The lowest BCUT2D eigenvalue weighted by atomic mass is 9.99. The Morgan fingerprint density at radius 3 is 2.64 bits per heavy atom. The Labute approximate surface area is 233 Å². The van der Waals surface area contributed by atoms with Crippen LogP contribution < -0.4 is 5.56 Å². The van der Waals surface area contributed by atoms with Crippen molar-refractivity contribution in [2.24, 2.45) is 0 Å². The van der Waals surface area contributed by atoms with Gasteiger partial charge in [-0.1, -0.05) is 48.2 Å². The minimum absolute atomic E-state index is 0.0830. The van der Waals surface area contributed by atoms with Crippen LogP contribution in [0.15, 0.2) is 47.3 Å². The lowest BCUT2D eigenvalue weighted by Gasteiger charge is -2.33. The van der Waals surface area contributed by atoms with E-state index in [2.05, 4.69) is 44.5 Å². The number of halogens is 1. The summed E-state index contributed by atoms with van der Waals surface area (Å²) in [5, 5.41) is 14.9. The zero-order valence-electron chi connectivity index (χ0n) is 22.6. The minimum atomic E-state index is -0.450. The third-order valence-corrected chi connectivity index (χ3v) is 8.43. The van der Waals surface area contributed by atoms with Crippen molar-refractivity contribution in [1.82, 2.24) is 30.1 Å². The highest BCUT2D eigenvalue weighted by Gasteiger charge is 2.35. The van der Waals surface area contributed by atoms with Gasteiger partial charge in [0.15, 0.2) is 5.82 Å². The molecule has 4 aromatic rings. The van der Waals surface area contributed by atoms with E-state index >= 15 is 0 Å². The average Bonchev–Trinajstić information content (AvgIpc) is 3.70. The summed E-state index contributed by atoms with van der Waals surface area (Å²) in [6, 6.07) is 14.0. The second-order valence-corrected chi connectivity index (χ2v) is 11.5. The molecule has 1 N–H and O–H groups in total. The van der Waals surface area contributed by atoms with Gasteiger partial charge in [0.1, 0.15) is 6.04 Å². The molecule has 1 saturated heterocycles. The zero-order valence-corrected chi connectivity index (χ0v) is 23.3. The van der Waals surface area contributed by atoms with E-state index in [1.54, 1.807) is 0 Å². The molecule has 0 radical (unpaired) electrons. The number of rotatable bonds is 8. The number of nitrogens with zero attached hydrogens (tertiary/aromatic N) is 5. The zero-order chi connectivity index (χ0) is 26.9. The van der Waals surface area contributed by atoms with E-state index in [0.717, 1.165) is 72.7 Å². The van der Waals surface area contributed by atoms with Crippen molar-refractivity contribution in [3.8, 4) is 0 Å². The Kier molecular flexibility index (Phi) is 7.51. The molecule has 1 aliphatic carbocycles. The van der Waals surface area contributed by atoms with Gasteiger partial charge in [-0.3, -0.25) is 9.69 Å². The number of aromatic nitrogens is 5. The van der Waals surface area contributed by atoms with Gasteiger partial charge in [-0.05, 0) is 90.7 Å². The van der Waals surface area contributed by atoms with Gasteiger partial charge in [-0.25, -0.2) is 4.68 Å². The molecule has 204 valence electrons. The van der Waals surface area contributed by atoms with E-state index in [-0.39, 0.29) is 17.7 Å². The molecule has 0 bridgehead atoms. The van der Waals surface area contributed by atoms with Crippen molar-refractivity contribution in [2.75, 3.05) is 13.2 Å². The van der Waals surface area contributed by atoms with Crippen LogP contribution in [0.3, 0.4) is 0 Å². The molecule has 2 aromatic heterocycles. The molecule has 8 nitrogen and oxygen atoms in total. The van der Waals surface area contributed by atoms with Crippen LogP contribution in [0.1, 0.15) is 78.7 Å². The Morgan fingerprint density at radius 1 is 1.10 bits per heavy atom. The minimum Gasteiger partial charge on any atom is -0.377 e. The van der Waals surface area contributed by atoms with E-state index in [0.29, 0.717) is 29.5 Å². The summed E-state index contributed by atoms with van der Waals surface area (Å²) in [4.78, 5) is 19.4. The fourth-order valence-electron chi connectivity index (χ4n) is 6.33. The summed E-state index contributed by atoms with van der Waals surface area (Å²) >= 11 is 6.21. The lowest BCUT2D eigenvalue weighted by Crippen LogP contribution is -2.39. The Bertz CT molecular complexity index is 1500. The molecule has 0 spiro atoms. The molecule has 9 heteroatoms. The van der Waals surface area contributed by atoms with E-state index in [9.17, 15) is 4.79 Å². The van der Waals surface area contributed by atoms with Gasteiger partial charge in [0.25, 0.3) is 5.56 Å². The highest BCUT2D eigenvalue weighted by Crippen LogP contribution is 2.35. The molecule has 2 atom stereocenters. The van der Waals surface area contributed by atoms with Crippen molar-refractivity contribution >= 4 is 22.5 Å². The Morgan fingerprint density at radius 2 is 1.90 bits per heavy atom. The molecular weight excluding hydrogens is 512 g/mol. The van der Waals surface area contributed by atoms with Crippen LogP contribution in [0.5, 0.6) is 0 Å². The van der Waals surface area contributed by atoms with Crippen molar-refractivity contribution in [3.05, 3.63) is 85.9 Å². The predicted molar refractivity (Wildman–Crippen MR) is 152 cm³/mol. The smallest absolute Gasteiger partial charge is 0.253 e. The maximum absolute atomic E-state index is 13.9. The summed E-state index contributed by atoms with van der Waals surface area (Å²) in [7, 11) is 0. The van der Waals surface area contributed by atoms with Crippen LogP contribution >= 0.6 is 11.6 Å². The number of H-pyrrole nitrogens is 1. The molecule has 1 saturated carbocycles. The third-order valence-electron chi connectivity index (χ3n) is 8.18. The molecule has 3 heterocycles. The largest absolute Gasteiger partial charge is 0.377 e. The van der Waals surface area contributed by atoms with Gasteiger partial charge in [-0.2, -0.15) is 0 Å². The molecule has 1 aliphatic heterocycles. The first-order valence-corrected chi connectivity index (χ1v) is 14.4. The first-order valence-electron chi connectivity index (χ1n) is 14.0. The number of hydrogen-bond donors (Lipinski definition) is 1. The molecule has 6 rings (SSSR count). The number of aromatic amines is 1.